The lowest BCUT2D eigenvalue weighted by Gasteiger charge is -2.29. The highest BCUT2D eigenvalue weighted by Gasteiger charge is 2.34. The Morgan fingerprint density at radius 2 is 2.00 bits per heavy atom. The summed E-state index contributed by atoms with van der Waals surface area (Å²) in [5.74, 6) is 0.760. The maximum Gasteiger partial charge on any atom is 0.234 e. The summed E-state index contributed by atoms with van der Waals surface area (Å²) in [6, 6.07) is 5.55. The van der Waals surface area contributed by atoms with Gasteiger partial charge in [0.15, 0.2) is 0 Å². The van der Waals surface area contributed by atoms with Crippen LogP contribution in [0.5, 0.6) is 0 Å². The summed E-state index contributed by atoms with van der Waals surface area (Å²) in [6.45, 7) is 4.32. The quantitative estimate of drug-likeness (QED) is 0.893. The van der Waals surface area contributed by atoms with Gasteiger partial charge >= 0.3 is 0 Å². The standard InChI is InChI=1S/C16H20Cl2N2OS/c17-12-4-5-13(14(18)10-12)16-20(15(21)11-22-16)9-8-19-6-2-1-3-7-19/h4-5,10,16H,1-3,6-9,11H2/p+1/t16-/m0/s1. The van der Waals surface area contributed by atoms with E-state index in [0.717, 1.165) is 18.7 Å². The molecule has 120 valence electrons. The minimum absolute atomic E-state index is 0.0291. The average Bonchev–Trinajstić information content (AvgIpc) is 2.87. The summed E-state index contributed by atoms with van der Waals surface area (Å²) in [5.41, 5.74) is 0.996. The SMILES string of the molecule is O=C1CS[C@@H](c2ccc(Cl)cc2Cl)N1CC[NH+]1CCCCC1. The molecule has 2 fully saturated rings. The molecule has 2 aliphatic rings. The van der Waals surface area contributed by atoms with Crippen molar-refractivity contribution < 1.29 is 9.69 Å². The first kappa shape index (κ1) is 16.4. The van der Waals surface area contributed by atoms with E-state index in [1.165, 1.54) is 32.4 Å². The van der Waals surface area contributed by atoms with Gasteiger partial charge in [0, 0.05) is 15.6 Å². The van der Waals surface area contributed by atoms with Gasteiger partial charge in [-0.3, -0.25) is 4.79 Å². The molecule has 22 heavy (non-hydrogen) atoms. The fourth-order valence-corrected chi connectivity index (χ4v) is 5.07. The summed E-state index contributed by atoms with van der Waals surface area (Å²) >= 11 is 14.0. The second-order valence-electron chi connectivity index (χ2n) is 5.98. The molecule has 0 aliphatic carbocycles. The Labute approximate surface area is 145 Å². The average molecular weight is 360 g/mol. The number of hydrogen-bond acceptors (Lipinski definition) is 2. The van der Waals surface area contributed by atoms with Crippen LogP contribution in [0.15, 0.2) is 18.2 Å². The summed E-state index contributed by atoms with van der Waals surface area (Å²) in [5, 5.41) is 1.31. The zero-order chi connectivity index (χ0) is 15.5. The molecule has 0 radical (unpaired) electrons. The van der Waals surface area contributed by atoms with Crippen molar-refractivity contribution in [1.29, 1.82) is 0 Å². The lowest BCUT2D eigenvalue weighted by atomic mass is 10.1. The Morgan fingerprint density at radius 3 is 2.73 bits per heavy atom. The Morgan fingerprint density at radius 1 is 1.23 bits per heavy atom. The highest BCUT2D eigenvalue weighted by molar-refractivity contribution is 8.00. The molecule has 3 nitrogen and oxygen atoms in total. The Balaban J connectivity index is 1.68. The number of amides is 1. The second-order valence-corrected chi connectivity index (χ2v) is 7.89. The van der Waals surface area contributed by atoms with Gasteiger partial charge in [-0.2, -0.15) is 0 Å². The van der Waals surface area contributed by atoms with Crippen LogP contribution in [-0.2, 0) is 4.79 Å². The number of rotatable bonds is 4. The van der Waals surface area contributed by atoms with Gasteiger partial charge < -0.3 is 9.80 Å². The van der Waals surface area contributed by atoms with Crippen LogP contribution in [0.3, 0.4) is 0 Å². The van der Waals surface area contributed by atoms with E-state index in [1.54, 1.807) is 22.7 Å². The van der Waals surface area contributed by atoms with E-state index in [-0.39, 0.29) is 11.3 Å². The van der Waals surface area contributed by atoms with Gasteiger partial charge in [0.2, 0.25) is 5.91 Å². The van der Waals surface area contributed by atoms with Crippen molar-refractivity contribution in [3.8, 4) is 0 Å². The van der Waals surface area contributed by atoms with Crippen LogP contribution >= 0.6 is 35.0 Å². The van der Waals surface area contributed by atoms with Gasteiger partial charge in [-0.25, -0.2) is 0 Å². The number of carbonyl (C=O) groups excluding carboxylic acids is 1. The van der Waals surface area contributed by atoms with Crippen molar-refractivity contribution in [2.24, 2.45) is 0 Å². The van der Waals surface area contributed by atoms with Crippen molar-refractivity contribution >= 4 is 40.9 Å². The van der Waals surface area contributed by atoms with E-state index in [2.05, 4.69) is 0 Å². The van der Waals surface area contributed by atoms with Crippen LogP contribution in [-0.4, -0.2) is 42.7 Å². The third-order valence-corrected chi connectivity index (χ3v) is 6.26. The maximum absolute atomic E-state index is 12.2. The molecule has 0 unspecified atom stereocenters. The number of nitrogens with zero attached hydrogens (tertiary/aromatic N) is 1. The molecule has 0 aromatic heterocycles. The number of benzene rings is 1. The van der Waals surface area contributed by atoms with Crippen molar-refractivity contribution in [3.05, 3.63) is 33.8 Å². The third kappa shape index (κ3) is 3.73. The van der Waals surface area contributed by atoms with E-state index >= 15 is 0 Å². The predicted octanol–water partition coefficient (Wildman–Crippen LogP) is 2.64. The predicted molar refractivity (Wildman–Crippen MR) is 92.8 cm³/mol. The number of halogens is 2. The van der Waals surface area contributed by atoms with Crippen molar-refractivity contribution in [2.45, 2.75) is 24.6 Å². The molecule has 1 N–H and O–H groups in total. The zero-order valence-corrected chi connectivity index (χ0v) is 14.8. The summed E-state index contributed by atoms with van der Waals surface area (Å²) in [7, 11) is 0. The fourth-order valence-electron chi connectivity index (χ4n) is 3.24. The van der Waals surface area contributed by atoms with Gasteiger partial charge in [0.25, 0.3) is 0 Å². The highest BCUT2D eigenvalue weighted by atomic mass is 35.5. The largest absolute Gasteiger partial charge is 0.333 e. The molecular weight excluding hydrogens is 339 g/mol. The molecule has 1 amide bonds. The number of hydrogen-bond donors (Lipinski definition) is 1. The topological polar surface area (TPSA) is 24.8 Å². The summed E-state index contributed by atoms with van der Waals surface area (Å²) in [6.07, 6.45) is 3.97. The van der Waals surface area contributed by atoms with Crippen LogP contribution in [0.1, 0.15) is 30.2 Å². The number of quaternary nitrogens is 1. The third-order valence-electron chi connectivity index (χ3n) is 4.46. The van der Waals surface area contributed by atoms with E-state index in [9.17, 15) is 4.79 Å². The number of thioether (sulfide) groups is 1. The molecule has 1 aromatic rings. The molecule has 2 saturated heterocycles. The first-order valence-electron chi connectivity index (χ1n) is 7.85. The van der Waals surface area contributed by atoms with Crippen molar-refractivity contribution in [3.63, 3.8) is 0 Å². The van der Waals surface area contributed by atoms with Crippen molar-refractivity contribution in [2.75, 3.05) is 31.9 Å². The van der Waals surface area contributed by atoms with Gasteiger partial charge in [-0.15, -0.1) is 11.8 Å². The first-order valence-corrected chi connectivity index (χ1v) is 9.65. The Bertz CT molecular complexity index is 549. The smallest absolute Gasteiger partial charge is 0.234 e. The minimum Gasteiger partial charge on any atom is -0.333 e. The first-order chi connectivity index (χ1) is 10.6. The maximum atomic E-state index is 12.2. The van der Waals surface area contributed by atoms with E-state index in [4.69, 9.17) is 23.2 Å². The Hall–Kier alpha value is -0.420. The van der Waals surface area contributed by atoms with Crippen LogP contribution in [0, 0.1) is 0 Å². The molecule has 0 bridgehead atoms. The van der Waals surface area contributed by atoms with E-state index < -0.39 is 0 Å². The van der Waals surface area contributed by atoms with Gasteiger partial charge in [-0.05, 0) is 31.4 Å². The molecule has 1 atom stereocenters. The molecule has 3 rings (SSSR count). The Kier molecular flexibility index (Phi) is 5.55. The van der Waals surface area contributed by atoms with Crippen LogP contribution in [0.25, 0.3) is 0 Å². The second kappa shape index (κ2) is 7.43. The van der Waals surface area contributed by atoms with Crippen molar-refractivity contribution in [1.82, 2.24) is 4.90 Å². The summed E-state index contributed by atoms with van der Waals surface area (Å²) in [4.78, 5) is 15.8. The van der Waals surface area contributed by atoms with Crippen LogP contribution < -0.4 is 4.90 Å². The van der Waals surface area contributed by atoms with E-state index in [0.29, 0.717) is 15.8 Å². The fraction of sp³-hybridized carbons (Fsp3) is 0.562. The molecule has 1 aromatic carbocycles. The van der Waals surface area contributed by atoms with Crippen LogP contribution in [0.4, 0.5) is 0 Å². The monoisotopic (exact) mass is 359 g/mol. The number of nitrogens with one attached hydrogen (secondary N) is 1. The van der Waals surface area contributed by atoms with Crippen LogP contribution in [0.2, 0.25) is 10.0 Å². The molecular formula is C16H21Cl2N2OS+. The normalized spacial score (nSPS) is 23.3. The summed E-state index contributed by atoms with van der Waals surface area (Å²) < 4.78 is 0. The number of likely N-dealkylation sites (tertiary alicyclic amines) is 1. The molecule has 0 spiro atoms. The van der Waals surface area contributed by atoms with E-state index in [1.807, 2.05) is 17.0 Å². The lowest BCUT2D eigenvalue weighted by Crippen LogP contribution is -3.13. The molecule has 6 heteroatoms. The number of carbonyl (C=O) groups is 1. The minimum atomic E-state index is 0.0291. The van der Waals surface area contributed by atoms with Gasteiger partial charge in [0.05, 0.1) is 31.9 Å². The molecule has 2 aliphatic heterocycles. The zero-order valence-electron chi connectivity index (χ0n) is 12.5. The highest BCUT2D eigenvalue weighted by Crippen LogP contribution is 2.41. The molecule has 2 heterocycles. The number of piperidine rings is 1. The lowest BCUT2D eigenvalue weighted by molar-refractivity contribution is -0.904. The van der Waals surface area contributed by atoms with Gasteiger partial charge in [0.1, 0.15) is 5.37 Å². The molecule has 0 saturated carbocycles. The van der Waals surface area contributed by atoms with Gasteiger partial charge in [-0.1, -0.05) is 29.3 Å².